The second-order valence-electron chi connectivity index (χ2n) is 9.80. The van der Waals surface area contributed by atoms with Crippen molar-refractivity contribution in [3.8, 4) is 0 Å². The summed E-state index contributed by atoms with van der Waals surface area (Å²) >= 11 is 0. The van der Waals surface area contributed by atoms with Gasteiger partial charge >= 0.3 is 6.09 Å². The first-order valence-electron chi connectivity index (χ1n) is 11.5. The third-order valence-corrected chi connectivity index (χ3v) is 7.59. The molecule has 1 atom stereocenters. The minimum atomic E-state index is -3.76. The normalized spacial score (nSPS) is 16.8. The fourth-order valence-electron chi connectivity index (χ4n) is 3.96. The standard InChI is InChI=1S/C24H34N4O5S/c1-17(2)21(26-23(30)33-24(3,4)5)22(29)27-12-7-13-28(15-14-27)34(31,32)20-9-6-8-18-16-25-11-10-19(18)20/h6,8-11,16-17,21H,7,12-15H2,1-5H3,(H,26,30)/t21-/m0/s1. The van der Waals surface area contributed by atoms with Gasteiger partial charge in [-0.15, -0.1) is 0 Å². The number of hydrogen-bond donors (Lipinski definition) is 1. The fourth-order valence-corrected chi connectivity index (χ4v) is 5.64. The molecule has 1 saturated heterocycles. The number of sulfonamides is 1. The lowest BCUT2D eigenvalue weighted by atomic mass is 10.0. The summed E-state index contributed by atoms with van der Waals surface area (Å²) in [4.78, 5) is 31.5. The molecule has 1 aromatic carbocycles. The highest BCUT2D eigenvalue weighted by molar-refractivity contribution is 7.89. The summed E-state index contributed by atoms with van der Waals surface area (Å²) in [6, 6.07) is 6.08. The topological polar surface area (TPSA) is 109 Å². The van der Waals surface area contributed by atoms with E-state index in [2.05, 4.69) is 10.3 Å². The van der Waals surface area contributed by atoms with E-state index in [0.717, 1.165) is 5.39 Å². The Kier molecular flexibility index (Phi) is 7.82. The predicted octanol–water partition coefficient (Wildman–Crippen LogP) is 3.01. The van der Waals surface area contributed by atoms with Crippen LogP contribution in [0.5, 0.6) is 0 Å². The van der Waals surface area contributed by atoms with Crippen LogP contribution in [0.4, 0.5) is 4.79 Å². The molecule has 0 saturated carbocycles. The molecule has 1 N–H and O–H groups in total. The van der Waals surface area contributed by atoms with Gasteiger partial charge in [-0.3, -0.25) is 9.78 Å². The molecule has 0 spiro atoms. The number of carbonyl (C=O) groups is 2. The van der Waals surface area contributed by atoms with Crippen LogP contribution < -0.4 is 5.32 Å². The van der Waals surface area contributed by atoms with Gasteiger partial charge in [0.1, 0.15) is 11.6 Å². The first-order chi connectivity index (χ1) is 15.9. The largest absolute Gasteiger partial charge is 0.444 e. The smallest absolute Gasteiger partial charge is 0.408 e. The van der Waals surface area contributed by atoms with E-state index in [1.54, 1.807) is 56.3 Å². The van der Waals surface area contributed by atoms with Crippen molar-refractivity contribution in [2.45, 2.75) is 57.6 Å². The summed E-state index contributed by atoms with van der Waals surface area (Å²) in [6.07, 6.45) is 3.06. The maximum Gasteiger partial charge on any atom is 0.408 e. The van der Waals surface area contributed by atoms with Crippen molar-refractivity contribution in [3.05, 3.63) is 36.7 Å². The number of nitrogens with one attached hydrogen (secondary N) is 1. The molecule has 186 valence electrons. The molecular weight excluding hydrogens is 456 g/mol. The van der Waals surface area contributed by atoms with Crippen LogP contribution in [0.2, 0.25) is 0 Å². The SMILES string of the molecule is CC(C)[C@H](NC(=O)OC(C)(C)C)C(=O)N1CCCN(S(=O)(=O)c2cccc3cnccc23)CC1. The maximum absolute atomic E-state index is 13.5. The van der Waals surface area contributed by atoms with Crippen molar-refractivity contribution in [3.63, 3.8) is 0 Å². The number of fused-ring (bicyclic) bond motifs is 1. The summed E-state index contributed by atoms with van der Waals surface area (Å²) in [7, 11) is -3.76. The molecule has 1 aromatic heterocycles. The number of aromatic nitrogens is 1. The Balaban J connectivity index is 1.74. The molecule has 0 aliphatic carbocycles. The molecule has 1 aliphatic heterocycles. The number of rotatable bonds is 5. The molecule has 2 heterocycles. The second-order valence-corrected chi connectivity index (χ2v) is 11.7. The molecule has 9 nitrogen and oxygen atoms in total. The van der Waals surface area contributed by atoms with Gasteiger partial charge in [0.15, 0.2) is 0 Å². The van der Waals surface area contributed by atoms with Crippen LogP contribution in [0.15, 0.2) is 41.6 Å². The Morgan fingerprint density at radius 3 is 2.50 bits per heavy atom. The zero-order chi connectivity index (χ0) is 25.1. The molecule has 3 rings (SSSR count). The number of hydrogen-bond acceptors (Lipinski definition) is 6. The minimum Gasteiger partial charge on any atom is -0.444 e. The summed E-state index contributed by atoms with van der Waals surface area (Å²) in [6.45, 7) is 10.1. The molecule has 1 aliphatic rings. The van der Waals surface area contributed by atoms with Crippen LogP contribution in [0, 0.1) is 5.92 Å². The zero-order valence-electron chi connectivity index (χ0n) is 20.4. The molecule has 34 heavy (non-hydrogen) atoms. The lowest BCUT2D eigenvalue weighted by Crippen LogP contribution is -2.52. The van der Waals surface area contributed by atoms with E-state index >= 15 is 0 Å². The first-order valence-corrected chi connectivity index (χ1v) is 13.0. The quantitative estimate of drug-likeness (QED) is 0.690. The third kappa shape index (κ3) is 6.04. The Labute approximate surface area is 201 Å². The highest BCUT2D eigenvalue weighted by Gasteiger charge is 2.34. The van der Waals surface area contributed by atoms with E-state index in [0.29, 0.717) is 24.9 Å². The van der Waals surface area contributed by atoms with E-state index in [9.17, 15) is 18.0 Å². The molecule has 1 fully saturated rings. The van der Waals surface area contributed by atoms with Crippen LogP contribution in [0.1, 0.15) is 41.0 Å². The van der Waals surface area contributed by atoms with E-state index < -0.39 is 27.8 Å². The highest BCUT2D eigenvalue weighted by Crippen LogP contribution is 2.26. The lowest BCUT2D eigenvalue weighted by molar-refractivity contribution is -0.134. The van der Waals surface area contributed by atoms with E-state index in [1.165, 1.54) is 4.31 Å². The summed E-state index contributed by atoms with van der Waals surface area (Å²) in [5.41, 5.74) is -0.677. The average molecular weight is 491 g/mol. The van der Waals surface area contributed by atoms with E-state index in [-0.39, 0.29) is 29.8 Å². The third-order valence-electron chi connectivity index (χ3n) is 5.63. The van der Waals surface area contributed by atoms with Gasteiger partial charge in [-0.25, -0.2) is 13.2 Å². The number of nitrogens with zero attached hydrogens (tertiary/aromatic N) is 3. The number of amides is 2. The number of alkyl carbamates (subject to hydrolysis) is 1. The maximum atomic E-state index is 13.5. The first kappa shape index (κ1) is 25.9. The number of carbonyl (C=O) groups excluding carboxylic acids is 2. The van der Waals surface area contributed by atoms with E-state index in [4.69, 9.17) is 4.74 Å². The minimum absolute atomic E-state index is 0.160. The molecule has 0 radical (unpaired) electrons. The van der Waals surface area contributed by atoms with Gasteiger partial charge in [-0.2, -0.15) is 4.31 Å². The molecule has 0 bridgehead atoms. The van der Waals surface area contributed by atoms with Crippen LogP contribution in [-0.2, 0) is 19.6 Å². The van der Waals surface area contributed by atoms with Crippen LogP contribution in [0.25, 0.3) is 10.8 Å². The van der Waals surface area contributed by atoms with Gasteiger partial charge in [-0.05, 0) is 45.2 Å². The highest BCUT2D eigenvalue weighted by atomic mass is 32.2. The van der Waals surface area contributed by atoms with Crippen LogP contribution in [-0.4, -0.2) is 72.4 Å². The average Bonchev–Trinajstić information content (AvgIpc) is 3.02. The number of ether oxygens (including phenoxy) is 1. The van der Waals surface area contributed by atoms with Gasteiger partial charge < -0.3 is 15.0 Å². The monoisotopic (exact) mass is 490 g/mol. The zero-order valence-corrected chi connectivity index (χ0v) is 21.3. The summed E-state index contributed by atoms with van der Waals surface area (Å²) < 4.78 is 33.7. The lowest BCUT2D eigenvalue weighted by Gasteiger charge is -2.30. The van der Waals surface area contributed by atoms with Crippen molar-refractivity contribution >= 4 is 32.8 Å². The Morgan fingerprint density at radius 2 is 1.82 bits per heavy atom. The van der Waals surface area contributed by atoms with Gasteiger partial charge in [0.25, 0.3) is 0 Å². The van der Waals surface area contributed by atoms with Crippen LogP contribution in [0.3, 0.4) is 0 Å². The Morgan fingerprint density at radius 1 is 1.09 bits per heavy atom. The predicted molar refractivity (Wildman–Crippen MR) is 130 cm³/mol. The second kappa shape index (κ2) is 10.3. The van der Waals surface area contributed by atoms with Crippen molar-refractivity contribution < 1.29 is 22.7 Å². The number of pyridine rings is 1. The number of benzene rings is 1. The van der Waals surface area contributed by atoms with Gasteiger partial charge in [0, 0.05) is 49.3 Å². The van der Waals surface area contributed by atoms with E-state index in [1.807, 2.05) is 19.9 Å². The fraction of sp³-hybridized carbons (Fsp3) is 0.542. The molecular formula is C24H34N4O5S. The molecule has 2 aromatic rings. The summed E-state index contributed by atoms with van der Waals surface area (Å²) in [5.74, 6) is -0.399. The molecule has 10 heteroatoms. The van der Waals surface area contributed by atoms with Gasteiger partial charge in [0.2, 0.25) is 15.9 Å². The molecule has 0 unspecified atom stereocenters. The molecule has 2 amide bonds. The van der Waals surface area contributed by atoms with Crippen LogP contribution >= 0.6 is 0 Å². The Hall–Kier alpha value is -2.72. The van der Waals surface area contributed by atoms with Crippen molar-refractivity contribution in [2.75, 3.05) is 26.2 Å². The van der Waals surface area contributed by atoms with Crippen molar-refractivity contribution in [2.24, 2.45) is 5.92 Å². The van der Waals surface area contributed by atoms with Gasteiger partial charge in [-0.1, -0.05) is 26.0 Å². The van der Waals surface area contributed by atoms with Crippen molar-refractivity contribution in [1.82, 2.24) is 19.5 Å². The van der Waals surface area contributed by atoms with Crippen molar-refractivity contribution in [1.29, 1.82) is 0 Å². The van der Waals surface area contributed by atoms with Gasteiger partial charge in [0.05, 0.1) is 4.90 Å². The summed E-state index contributed by atoms with van der Waals surface area (Å²) in [5, 5.41) is 4.06. The Bertz CT molecular complexity index is 1140.